The molecule has 23 heavy (non-hydrogen) atoms. The Morgan fingerprint density at radius 2 is 2.09 bits per heavy atom. The van der Waals surface area contributed by atoms with E-state index >= 15 is 0 Å². The van der Waals surface area contributed by atoms with Gasteiger partial charge in [0, 0.05) is 12.2 Å². The number of benzene rings is 1. The summed E-state index contributed by atoms with van der Waals surface area (Å²) in [7, 11) is 2.73. The molecule has 2 amide bonds. The van der Waals surface area contributed by atoms with Crippen LogP contribution >= 0.6 is 0 Å². The van der Waals surface area contributed by atoms with Gasteiger partial charge in [0.25, 0.3) is 0 Å². The van der Waals surface area contributed by atoms with Gasteiger partial charge in [-0.2, -0.15) is 0 Å². The van der Waals surface area contributed by atoms with Crippen LogP contribution < -0.4 is 10.1 Å². The molecule has 1 aromatic carbocycles. The zero-order valence-electron chi connectivity index (χ0n) is 13.5. The summed E-state index contributed by atoms with van der Waals surface area (Å²) in [5.74, 6) is -0.275. The summed E-state index contributed by atoms with van der Waals surface area (Å²) in [5.41, 5.74) is 1.50. The zero-order chi connectivity index (χ0) is 17.1. The van der Waals surface area contributed by atoms with Crippen LogP contribution in [0.5, 0.6) is 11.5 Å². The maximum Gasteiger partial charge on any atom is 0.337 e. The molecule has 124 valence electrons. The average molecular weight is 320 g/mol. The van der Waals surface area contributed by atoms with Crippen molar-refractivity contribution in [1.82, 2.24) is 10.2 Å². The number of allylic oxidation sites excluding steroid dienone is 1. The number of nitrogens with one attached hydrogen (secondary N) is 1. The number of ether oxygens (including phenoxy) is 2. The van der Waals surface area contributed by atoms with Crippen LogP contribution in [-0.2, 0) is 9.53 Å². The summed E-state index contributed by atoms with van der Waals surface area (Å²) in [5, 5.41) is 12.5. The van der Waals surface area contributed by atoms with Crippen LogP contribution in [0.1, 0.15) is 25.5 Å². The number of carbonyl (C=O) groups is 2. The SMILES string of the molecule is CCN1C(=O)NC(c2ccc(O)c(OC)c2)C(C(=O)OC)=C1C. The molecule has 7 heteroatoms. The Bertz CT molecular complexity index is 668. The van der Waals surface area contributed by atoms with Crippen LogP contribution in [0, 0.1) is 0 Å². The maximum absolute atomic E-state index is 12.2. The van der Waals surface area contributed by atoms with Gasteiger partial charge in [0.2, 0.25) is 0 Å². The van der Waals surface area contributed by atoms with Gasteiger partial charge in [-0.05, 0) is 31.5 Å². The van der Waals surface area contributed by atoms with Gasteiger partial charge in [0.15, 0.2) is 11.5 Å². The van der Waals surface area contributed by atoms with Crippen molar-refractivity contribution in [3.05, 3.63) is 35.0 Å². The highest BCUT2D eigenvalue weighted by Gasteiger charge is 2.35. The van der Waals surface area contributed by atoms with Gasteiger partial charge in [-0.1, -0.05) is 6.07 Å². The molecule has 0 aromatic heterocycles. The molecule has 2 rings (SSSR count). The van der Waals surface area contributed by atoms with Gasteiger partial charge in [0.05, 0.1) is 25.8 Å². The lowest BCUT2D eigenvalue weighted by molar-refractivity contribution is -0.136. The second-order valence-corrected chi connectivity index (χ2v) is 5.05. The van der Waals surface area contributed by atoms with Crippen molar-refractivity contribution in [3.63, 3.8) is 0 Å². The summed E-state index contributed by atoms with van der Waals surface area (Å²) >= 11 is 0. The molecule has 1 heterocycles. The highest BCUT2D eigenvalue weighted by Crippen LogP contribution is 2.35. The lowest BCUT2D eigenvalue weighted by Crippen LogP contribution is -2.47. The molecule has 0 spiro atoms. The number of phenolic OH excluding ortho intramolecular Hbond substituents is 1. The molecule has 7 nitrogen and oxygen atoms in total. The van der Waals surface area contributed by atoms with Crippen molar-refractivity contribution in [1.29, 1.82) is 0 Å². The van der Waals surface area contributed by atoms with Gasteiger partial charge in [-0.25, -0.2) is 9.59 Å². The topological polar surface area (TPSA) is 88.1 Å². The monoisotopic (exact) mass is 320 g/mol. The lowest BCUT2D eigenvalue weighted by atomic mass is 9.94. The normalized spacial score (nSPS) is 17.8. The molecule has 1 atom stereocenters. The molecule has 0 saturated carbocycles. The van der Waals surface area contributed by atoms with E-state index in [9.17, 15) is 14.7 Å². The highest BCUT2D eigenvalue weighted by atomic mass is 16.5. The Morgan fingerprint density at radius 3 is 2.65 bits per heavy atom. The summed E-state index contributed by atoms with van der Waals surface area (Å²) in [6.07, 6.45) is 0. The first kappa shape index (κ1) is 16.7. The maximum atomic E-state index is 12.2. The van der Waals surface area contributed by atoms with Gasteiger partial charge in [0.1, 0.15) is 0 Å². The lowest BCUT2D eigenvalue weighted by Gasteiger charge is -2.34. The van der Waals surface area contributed by atoms with E-state index in [0.29, 0.717) is 23.4 Å². The van der Waals surface area contributed by atoms with Gasteiger partial charge in [-0.3, -0.25) is 4.90 Å². The van der Waals surface area contributed by atoms with E-state index in [1.54, 1.807) is 19.1 Å². The summed E-state index contributed by atoms with van der Waals surface area (Å²) in [6, 6.07) is 3.69. The molecule has 0 aliphatic carbocycles. The summed E-state index contributed by atoms with van der Waals surface area (Å²) in [6.45, 7) is 3.96. The molecule has 0 radical (unpaired) electrons. The van der Waals surface area contributed by atoms with E-state index in [4.69, 9.17) is 9.47 Å². The molecule has 1 aliphatic rings. The van der Waals surface area contributed by atoms with E-state index in [1.165, 1.54) is 25.2 Å². The van der Waals surface area contributed by atoms with Crippen molar-refractivity contribution in [3.8, 4) is 11.5 Å². The van der Waals surface area contributed by atoms with E-state index in [2.05, 4.69) is 5.32 Å². The van der Waals surface area contributed by atoms with Crippen LogP contribution in [0.4, 0.5) is 4.79 Å². The van der Waals surface area contributed by atoms with E-state index < -0.39 is 12.0 Å². The number of urea groups is 1. The van der Waals surface area contributed by atoms with Crippen molar-refractivity contribution in [2.75, 3.05) is 20.8 Å². The summed E-state index contributed by atoms with van der Waals surface area (Å²) < 4.78 is 9.95. The Morgan fingerprint density at radius 1 is 1.39 bits per heavy atom. The number of phenols is 1. The average Bonchev–Trinajstić information content (AvgIpc) is 2.54. The van der Waals surface area contributed by atoms with E-state index in [0.717, 1.165) is 0 Å². The zero-order valence-corrected chi connectivity index (χ0v) is 13.5. The number of carbonyl (C=O) groups excluding carboxylic acids is 2. The standard InChI is InChI=1S/C16H20N2O5/c1-5-18-9(2)13(15(20)23-4)14(17-16(18)21)10-6-7-11(19)12(8-10)22-3/h6-8,14,19H,5H2,1-4H3,(H,17,21). The minimum absolute atomic E-state index is 0.0195. The second kappa shape index (κ2) is 6.60. The Labute approximate surface area is 134 Å². The van der Waals surface area contributed by atoms with Gasteiger partial charge >= 0.3 is 12.0 Å². The van der Waals surface area contributed by atoms with E-state index in [1.807, 2.05) is 6.92 Å². The first-order chi connectivity index (χ1) is 10.9. The minimum atomic E-state index is -0.674. The van der Waals surface area contributed by atoms with Crippen molar-refractivity contribution < 1.29 is 24.2 Å². The minimum Gasteiger partial charge on any atom is -0.504 e. The quantitative estimate of drug-likeness (QED) is 0.828. The molecule has 1 unspecified atom stereocenters. The molecule has 0 bridgehead atoms. The number of methoxy groups -OCH3 is 2. The molecular formula is C16H20N2O5. The van der Waals surface area contributed by atoms with Gasteiger partial charge in [-0.15, -0.1) is 0 Å². The summed E-state index contributed by atoms with van der Waals surface area (Å²) in [4.78, 5) is 25.9. The molecule has 1 aromatic rings. The second-order valence-electron chi connectivity index (χ2n) is 5.05. The largest absolute Gasteiger partial charge is 0.504 e. The van der Waals surface area contributed by atoms with Crippen molar-refractivity contribution in [2.24, 2.45) is 0 Å². The third-order valence-electron chi connectivity index (χ3n) is 3.85. The van der Waals surface area contributed by atoms with Crippen molar-refractivity contribution >= 4 is 12.0 Å². The number of hydrogen-bond donors (Lipinski definition) is 2. The highest BCUT2D eigenvalue weighted by molar-refractivity contribution is 5.95. The molecule has 2 N–H and O–H groups in total. The smallest absolute Gasteiger partial charge is 0.337 e. The third kappa shape index (κ3) is 2.94. The fraction of sp³-hybridized carbons (Fsp3) is 0.375. The van der Waals surface area contributed by atoms with Crippen LogP contribution in [0.3, 0.4) is 0 Å². The number of hydrogen-bond acceptors (Lipinski definition) is 5. The Kier molecular flexibility index (Phi) is 4.78. The first-order valence-corrected chi connectivity index (χ1v) is 7.18. The molecule has 0 fully saturated rings. The number of nitrogens with zero attached hydrogens (tertiary/aromatic N) is 1. The van der Waals surface area contributed by atoms with Crippen molar-refractivity contribution in [2.45, 2.75) is 19.9 Å². The fourth-order valence-corrected chi connectivity index (χ4v) is 2.66. The molecular weight excluding hydrogens is 300 g/mol. The number of aromatic hydroxyl groups is 1. The number of esters is 1. The van der Waals surface area contributed by atoms with Crippen LogP contribution in [-0.4, -0.2) is 42.8 Å². The predicted octanol–water partition coefficient (Wildman–Crippen LogP) is 1.93. The van der Waals surface area contributed by atoms with Crippen LogP contribution in [0.25, 0.3) is 0 Å². The van der Waals surface area contributed by atoms with Gasteiger partial charge < -0.3 is 19.9 Å². The van der Waals surface area contributed by atoms with Crippen LogP contribution in [0.15, 0.2) is 29.5 Å². The number of amides is 2. The third-order valence-corrected chi connectivity index (χ3v) is 3.85. The van der Waals surface area contributed by atoms with E-state index in [-0.39, 0.29) is 17.5 Å². The Hall–Kier alpha value is -2.70. The fourth-order valence-electron chi connectivity index (χ4n) is 2.66. The van der Waals surface area contributed by atoms with Crippen LogP contribution in [0.2, 0.25) is 0 Å². The first-order valence-electron chi connectivity index (χ1n) is 7.18. The number of rotatable bonds is 4. The predicted molar refractivity (Wildman–Crippen MR) is 83.0 cm³/mol. The molecule has 1 aliphatic heterocycles. The molecule has 0 saturated heterocycles. The Balaban J connectivity index is 2.57.